The van der Waals surface area contributed by atoms with Gasteiger partial charge in [0.2, 0.25) is 11.8 Å². The number of carbonyl (C=O) groups excluding carboxylic acids is 2. The molecule has 2 aromatic rings. The lowest BCUT2D eigenvalue weighted by Crippen LogP contribution is -2.49. The highest BCUT2D eigenvalue weighted by atomic mass is 16.5. The van der Waals surface area contributed by atoms with Crippen LogP contribution in [0.15, 0.2) is 10.9 Å². The summed E-state index contributed by atoms with van der Waals surface area (Å²) in [6.07, 6.45) is 4.78. The zero-order chi connectivity index (χ0) is 24.7. The molecular weight excluding hydrogens is 438 g/mol. The molecule has 0 aromatic carbocycles. The van der Waals surface area contributed by atoms with Crippen LogP contribution < -0.4 is 10.9 Å². The summed E-state index contributed by atoms with van der Waals surface area (Å²) < 4.78 is 8.30. The molecule has 2 aromatic heterocycles. The van der Waals surface area contributed by atoms with Crippen molar-refractivity contribution in [3.63, 3.8) is 0 Å². The molecule has 3 heterocycles. The molecule has 2 fully saturated rings. The highest BCUT2D eigenvalue weighted by molar-refractivity contribution is 5.97. The normalized spacial score (nSPS) is 21.1. The fourth-order valence-electron chi connectivity index (χ4n) is 4.24. The Hall–Kier alpha value is -3.14. The van der Waals surface area contributed by atoms with E-state index < -0.39 is 11.5 Å². The Morgan fingerprint density at radius 2 is 2.00 bits per heavy atom. The Kier molecular flexibility index (Phi) is 6.53. The predicted molar refractivity (Wildman–Crippen MR) is 127 cm³/mol. The van der Waals surface area contributed by atoms with Crippen molar-refractivity contribution in [2.45, 2.75) is 72.2 Å². The number of nitrogens with zero attached hydrogens (tertiary/aromatic N) is 4. The molecule has 34 heavy (non-hydrogen) atoms. The maximum atomic E-state index is 13.2. The maximum Gasteiger partial charge on any atom is 0.291 e. The summed E-state index contributed by atoms with van der Waals surface area (Å²) in [5.41, 5.74) is 0.412. The van der Waals surface area contributed by atoms with Crippen LogP contribution in [-0.4, -0.2) is 67.3 Å². The number of fused-ring (bicyclic) bond motifs is 1. The first-order valence-electron chi connectivity index (χ1n) is 11.8. The third-order valence-corrected chi connectivity index (χ3v) is 6.19. The van der Waals surface area contributed by atoms with E-state index in [1.165, 1.54) is 10.6 Å². The van der Waals surface area contributed by atoms with Gasteiger partial charge in [0, 0.05) is 30.8 Å². The monoisotopic (exact) mass is 471 g/mol. The number of ether oxygens (including phenoxy) is 1. The molecule has 1 aliphatic carbocycles. The fraction of sp³-hybridized carbons (Fsp3) is 0.583. The first kappa shape index (κ1) is 24.0. The molecule has 0 spiro atoms. The van der Waals surface area contributed by atoms with Crippen LogP contribution in [0.4, 0.5) is 0 Å². The molecule has 0 unspecified atom stereocenters. The van der Waals surface area contributed by atoms with Gasteiger partial charge in [0.25, 0.3) is 11.5 Å². The number of hydrogen-bond donors (Lipinski definition) is 2. The highest BCUT2D eigenvalue weighted by Gasteiger charge is 2.31. The van der Waals surface area contributed by atoms with Crippen molar-refractivity contribution in [1.29, 1.82) is 0 Å². The Morgan fingerprint density at radius 1 is 1.29 bits per heavy atom. The lowest BCUT2D eigenvalue weighted by molar-refractivity contribution is -0.137. The van der Waals surface area contributed by atoms with Crippen LogP contribution in [0.3, 0.4) is 0 Å². The van der Waals surface area contributed by atoms with E-state index in [1.807, 2.05) is 27.7 Å². The number of aryl methyl sites for hydroxylation is 1. The topological polar surface area (TPSA) is 118 Å². The summed E-state index contributed by atoms with van der Waals surface area (Å²) in [7, 11) is 0. The minimum absolute atomic E-state index is 0.0368. The Balaban J connectivity index is 1.79. The van der Waals surface area contributed by atoms with Crippen molar-refractivity contribution >= 4 is 23.5 Å². The molecule has 184 valence electrons. The lowest BCUT2D eigenvalue weighted by atomic mass is 10.1. The first-order valence-corrected chi connectivity index (χ1v) is 11.8. The second-order valence-corrected chi connectivity index (χ2v) is 9.81. The molecule has 4 rings (SSSR count). The van der Waals surface area contributed by atoms with E-state index in [-0.39, 0.29) is 41.5 Å². The van der Waals surface area contributed by atoms with E-state index in [1.54, 1.807) is 17.9 Å². The first-order chi connectivity index (χ1) is 16.1. The van der Waals surface area contributed by atoms with Gasteiger partial charge in [-0.1, -0.05) is 13.8 Å². The third-order valence-electron chi connectivity index (χ3n) is 6.19. The summed E-state index contributed by atoms with van der Waals surface area (Å²) in [6.45, 7) is 10.9. The van der Waals surface area contributed by atoms with Gasteiger partial charge >= 0.3 is 0 Å². The van der Waals surface area contributed by atoms with Gasteiger partial charge in [-0.15, -0.1) is 0 Å². The van der Waals surface area contributed by atoms with Gasteiger partial charge in [-0.2, -0.15) is 9.61 Å². The molecule has 2 N–H and O–H groups in total. The quantitative estimate of drug-likeness (QED) is 0.620. The largest absolute Gasteiger partial charge is 0.494 e. The summed E-state index contributed by atoms with van der Waals surface area (Å²) in [4.78, 5) is 40.7. The van der Waals surface area contributed by atoms with Gasteiger partial charge in [-0.3, -0.25) is 19.0 Å². The highest BCUT2D eigenvalue weighted by Crippen LogP contribution is 2.26. The van der Waals surface area contributed by atoms with Crippen LogP contribution in [0.2, 0.25) is 0 Å². The smallest absolute Gasteiger partial charge is 0.291 e. The van der Waals surface area contributed by atoms with Crippen molar-refractivity contribution in [3.05, 3.63) is 33.3 Å². The van der Waals surface area contributed by atoms with E-state index in [9.17, 15) is 19.5 Å². The average Bonchev–Trinajstić information content (AvgIpc) is 3.51. The van der Waals surface area contributed by atoms with Crippen molar-refractivity contribution in [2.24, 2.45) is 5.92 Å². The second kappa shape index (κ2) is 9.25. The van der Waals surface area contributed by atoms with Crippen molar-refractivity contribution in [3.8, 4) is 5.88 Å². The number of carbonyl (C=O) groups is 2. The lowest BCUT2D eigenvalue weighted by Gasteiger charge is -2.36. The van der Waals surface area contributed by atoms with Gasteiger partial charge in [0.15, 0.2) is 5.56 Å². The van der Waals surface area contributed by atoms with Crippen LogP contribution in [0.25, 0.3) is 11.7 Å². The second-order valence-electron chi connectivity index (χ2n) is 9.81. The van der Waals surface area contributed by atoms with E-state index >= 15 is 0 Å². The van der Waals surface area contributed by atoms with E-state index in [0.29, 0.717) is 36.6 Å². The number of aromatic hydroxyl groups is 1. The number of amides is 2. The summed E-state index contributed by atoms with van der Waals surface area (Å²) >= 11 is 0. The van der Waals surface area contributed by atoms with Gasteiger partial charge < -0.3 is 20.1 Å². The fourth-order valence-corrected chi connectivity index (χ4v) is 4.24. The molecule has 1 saturated heterocycles. The SMILES string of the molecule is Cc1nn2c(=O)c(C(=O)NC3CC3)c(O)n(CC(C)C)c2c1/C=C/C(=O)N1C[C@H](C)OC[C@@H]1C. The Bertz CT molecular complexity index is 1210. The van der Waals surface area contributed by atoms with Crippen LogP contribution in [0.5, 0.6) is 5.88 Å². The van der Waals surface area contributed by atoms with Gasteiger partial charge in [0.1, 0.15) is 5.65 Å². The number of morpholine rings is 1. The average molecular weight is 472 g/mol. The predicted octanol–water partition coefficient (Wildman–Crippen LogP) is 1.71. The molecule has 2 atom stereocenters. The molecule has 10 heteroatoms. The van der Waals surface area contributed by atoms with Crippen LogP contribution in [0, 0.1) is 12.8 Å². The number of hydrogen-bond acceptors (Lipinski definition) is 6. The van der Waals surface area contributed by atoms with E-state index in [2.05, 4.69) is 10.4 Å². The summed E-state index contributed by atoms with van der Waals surface area (Å²) in [5.74, 6) is -1.04. The number of rotatable bonds is 6. The number of aromatic nitrogens is 3. The molecule has 1 saturated carbocycles. The molecule has 0 bridgehead atoms. The standard InChI is InChI=1S/C24H33N5O5/c1-13(2)10-28-22-18(8-9-19(30)27-11-15(4)34-12-14(27)3)16(5)26-29(22)24(33)20(23(28)32)21(31)25-17-6-7-17/h8-9,13-15,17,32H,6-7,10-12H2,1-5H3,(H,25,31)/b9-8+/t14-,15-/m0/s1. The van der Waals surface area contributed by atoms with Gasteiger partial charge in [-0.25, -0.2) is 0 Å². The van der Waals surface area contributed by atoms with Crippen LogP contribution >= 0.6 is 0 Å². The molecule has 0 radical (unpaired) electrons. The Labute approximate surface area is 198 Å². The molecular formula is C24H33N5O5. The Morgan fingerprint density at radius 3 is 2.65 bits per heavy atom. The summed E-state index contributed by atoms with van der Waals surface area (Å²) in [6, 6.07) is -0.0104. The van der Waals surface area contributed by atoms with E-state index in [4.69, 9.17) is 4.74 Å². The molecule has 1 aliphatic heterocycles. The molecule has 2 aliphatic rings. The number of nitrogens with one attached hydrogen (secondary N) is 1. The minimum atomic E-state index is -0.685. The molecule has 2 amide bonds. The minimum Gasteiger partial charge on any atom is -0.494 e. The van der Waals surface area contributed by atoms with Crippen molar-refractivity contribution in [2.75, 3.05) is 13.2 Å². The van der Waals surface area contributed by atoms with Crippen molar-refractivity contribution in [1.82, 2.24) is 24.4 Å². The zero-order valence-electron chi connectivity index (χ0n) is 20.4. The maximum absolute atomic E-state index is 13.2. The summed E-state index contributed by atoms with van der Waals surface area (Å²) in [5, 5.41) is 18.2. The van der Waals surface area contributed by atoms with Crippen LogP contribution in [-0.2, 0) is 16.1 Å². The van der Waals surface area contributed by atoms with Crippen molar-refractivity contribution < 1.29 is 19.4 Å². The van der Waals surface area contributed by atoms with Crippen LogP contribution in [0.1, 0.15) is 62.2 Å². The third kappa shape index (κ3) is 4.59. The van der Waals surface area contributed by atoms with E-state index in [0.717, 1.165) is 17.4 Å². The zero-order valence-corrected chi connectivity index (χ0v) is 20.4. The van der Waals surface area contributed by atoms with Gasteiger partial charge in [0.05, 0.1) is 24.4 Å². The van der Waals surface area contributed by atoms with Gasteiger partial charge in [-0.05, 0) is 45.6 Å². The molecule has 10 nitrogen and oxygen atoms in total.